The summed E-state index contributed by atoms with van der Waals surface area (Å²) in [5.74, 6) is 4.19. The van der Waals surface area contributed by atoms with Crippen molar-refractivity contribution < 1.29 is 4.21 Å². The molecule has 2 heteroatoms. The zero-order chi connectivity index (χ0) is 9.19. The van der Waals surface area contributed by atoms with E-state index in [1.54, 1.807) is 6.26 Å². The summed E-state index contributed by atoms with van der Waals surface area (Å²) in [6.45, 7) is 2.04. The largest absolute Gasteiger partial charge is 0.268 e. The molecule has 0 fully saturated rings. The maximum absolute atomic E-state index is 11.3. The van der Waals surface area contributed by atoms with Crippen LogP contribution in [0.15, 0.2) is 24.3 Å². The number of aryl methyl sites for hydroxylation is 1. The van der Waals surface area contributed by atoms with Gasteiger partial charge in [-0.25, -0.2) is 0 Å². The Balaban J connectivity index is 2.85. The van der Waals surface area contributed by atoms with E-state index in [4.69, 9.17) is 0 Å². The Morgan fingerprint density at radius 2 is 1.83 bits per heavy atom. The molecule has 66 valence electrons. The summed E-state index contributed by atoms with van der Waals surface area (Å²) in [5.41, 5.74) is 2.33. The summed E-state index contributed by atoms with van der Waals surface area (Å²) in [4.78, 5) is 0. The lowest BCUT2D eigenvalue weighted by molar-refractivity contribution is 0.684. The normalized spacial score (nSPS) is 15.5. The Labute approximate surface area is 74.4 Å². The lowest BCUT2D eigenvalue weighted by Gasteiger charge is -2.02. The molecule has 0 N–H and O–H groups in total. The lowest BCUT2D eigenvalue weighted by Crippen LogP contribution is -1.99. The van der Waals surface area contributed by atoms with E-state index in [9.17, 15) is 4.21 Å². The van der Waals surface area contributed by atoms with Crippen molar-refractivity contribution in [1.29, 1.82) is 0 Å². The second kappa shape index (κ2) is 3.31. The minimum absolute atomic E-state index is 0.577. The molecule has 0 saturated carbocycles. The highest BCUT2D eigenvalue weighted by molar-refractivity contribution is 7.98. The predicted molar refractivity (Wildman–Crippen MR) is 56.1 cm³/mol. The Bertz CT molecular complexity index is 346. The third-order valence-corrected chi connectivity index (χ3v) is 2.54. The molecule has 0 aliphatic rings. The minimum Gasteiger partial charge on any atom is -0.268 e. The van der Waals surface area contributed by atoms with Crippen LogP contribution in [-0.2, 0) is 15.3 Å². The van der Waals surface area contributed by atoms with E-state index in [1.165, 1.54) is 5.56 Å². The Morgan fingerprint density at radius 3 is 2.25 bits per heavy atom. The van der Waals surface area contributed by atoms with Gasteiger partial charge in [0.2, 0.25) is 0 Å². The molecule has 12 heavy (non-hydrogen) atoms. The molecule has 0 radical (unpaired) electrons. The standard InChI is InChI=1S/C10H14OS/c1-9-4-6-10(7-5-9)8-12(2,3)11/h4-7H,2,8H2,1,3H3. The van der Waals surface area contributed by atoms with E-state index in [2.05, 4.69) is 5.87 Å². The van der Waals surface area contributed by atoms with Crippen LogP contribution in [0.5, 0.6) is 0 Å². The van der Waals surface area contributed by atoms with Gasteiger partial charge < -0.3 is 0 Å². The van der Waals surface area contributed by atoms with Crippen molar-refractivity contribution in [3.63, 3.8) is 0 Å². The Hall–Kier alpha value is -0.760. The van der Waals surface area contributed by atoms with E-state index in [0.717, 1.165) is 5.56 Å². The molecule has 1 rings (SSSR count). The van der Waals surface area contributed by atoms with Crippen LogP contribution in [0.25, 0.3) is 0 Å². The van der Waals surface area contributed by atoms with Crippen LogP contribution in [0.3, 0.4) is 0 Å². The first kappa shape index (κ1) is 9.33. The van der Waals surface area contributed by atoms with Crippen molar-refractivity contribution in [2.45, 2.75) is 12.7 Å². The second-order valence-electron chi connectivity index (χ2n) is 3.31. The highest BCUT2D eigenvalue weighted by Crippen LogP contribution is 2.06. The molecular weight excluding hydrogens is 168 g/mol. The summed E-state index contributed by atoms with van der Waals surface area (Å²) >= 11 is 0. The van der Waals surface area contributed by atoms with Gasteiger partial charge in [0.05, 0.1) is 0 Å². The van der Waals surface area contributed by atoms with Crippen LogP contribution in [0.2, 0.25) is 0 Å². The molecule has 1 aromatic carbocycles. The monoisotopic (exact) mass is 182 g/mol. The molecule has 0 heterocycles. The third-order valence-electron chi connectivity index (χ3n) is 1.59. The Morgan fingerprint density at radius 1 is 1.33 bits per heavy atom. The van der Waals surface area contributed by atoms with Crippen LogP contribution in [0, 0.1) is 6.92 Å². The van der Waals surface area contributed by atoms with Crippen molar-refractivity contribution in [3.8, 4) is 0 Å². The molecule has 0 amide bonds. The van der Waals surface area contributed by atoms with Gasteiger partial charge in [-0.2, -0.15) is 0 Å². The Kier molecular flexibility index (Phi) is 2.58. The lowest BCUT2D eigenvalue weighted by atomic mass is 10.2. The molecule has 1 unspecified atom stereocenters. The highest BCUT2D eigenvalue weighted by atomic mass is 32.2. The van der Waals surface area contributed by atoms with Crippen LogP contribution >= 0.6 is 0 Å². The fourth-order valence-electron chi connectivity index (χ4n) is 1.04. The highest BCUT2D eigenvalue weighted by Gasteiger charge is 1.97. The van der Waals surface area contributed by atoms with Gasteiger partial charge in [0.1, 0.15) is 0 Å². The van der Waals surface area contributed by atoms with E-state index >= 15 is 0 Å². The summed E-state index contributed by atoms with van der Waals surface area (Å²) in [6, 6.07) is 8.06. The smallest absolute Gasteiger partial charge is 0.0407 e. The number of hydrogen-bond donors (Lipinski definition) is 0. The molecule has 1 atom stereocenters. The van der Waals surface area contributed by atoms with Gasteiger partial charge >= 0.3 is 0 Å². The first-order valence-electron chi connectivity index (χ1n) is 3.83. The molecule has 0 aromatic heterocycles. The maximum Gasteiger partial charge on any atom is 0.0407 e. The van der Waals surface area contributed by atoms with E-state index < -0.39 is 9.52 Å². The van der Waals surface area contributed by atoms with Crippen LogP contribution < -0.4 is 0 Å². The number of hydrogen-bond acceptors (Lipinski definition) is 1. The number of rotatable bonds is 2. The van der Waals surface area contributed by atoms with Crippen molar-refractivity contribution in [2.24, 2.45) is 0 Å². The van der Waals surface area contributed by atoms with Crippen molar-refractivity contribution in [1.82, 2.24) is 0 Å². The molecular formula is C10H14OS. The van der Waals surface area contributed by atoms with Gasteiger partial charge in [-0.1, -0.05) is 29.8 Å². The SMILES string of the molecule is C=S(C)(=O)Cc1ccc(C)cc1. The van der Waals surface area contributed by atoms with Crippen LogP contribution in [0.4, 0.5) is 0 Å². The van der Waals surface area contributed by atoms with Gasteiger partial charge in [0, 0.05) is 12.0 Å². The maximum atomic E-state index is 11.3. The predicted octanol–water partition coefficient (Wildman–Crippen LogP) is 1.84. The van der Waals surface area contributed by atoms with Crippen LogP contribution in [-0.4, -0.2) is 16.3 Å². The molecule has 0 spiro atoms. The summed E-state index contributed by atoms with van der Waals surface area (Å²) in [7, 11) is -1.89. The van der Waals surface area contributed by atoms with E-state index in [1.807, 2.05) is 31.2 Å². The zero-order valence-corrected chi connectivity index (χ0v) is 8.36. The average Bonchev–Trinajstić information content (AvgIpc) is 1.91. The summed E-state index contributed by atoms with van der Waals surface area (Å²) in [5, 5.41) is 0. The fourth-order valence-corrected chi connectivity index (χ4v) is 1.93. The first-order valence-corrected chi connectivity index (χ1v) is 6.13. The van der Waals surface area contributed by atoms with Crippen molar-refractivity contribution >= 4 is 15.4 Å². The number of benzene rings is 1. The molecule has 0 bridgehead atoms. The van der Waals surface area contributed by atoms with E-state index in [-0.39, 0.29) is 0 Å². The quantitative estimate of drug-likeness (QED) is 0.638. The fraction of sp³-hybridized carbons (Fsp3) is 0.300. The second-order valence-corrected chi connectivity index (χ2v) is 5.97. The van der Waals surface area contributed by atoms with Gasteiger partial charge in [-0.3, -0.25) is 4.21 Å². The van der Waals surface area contributed by atoms with Crippen LogP contribution in [0.1, 0.15) is 11.1 Å². The average molecular weight is 182 g/mol. The summed E-state index contributed by atoms with van der Waals surface area (Å²) in [6.07, 6.45) is 1.69. The van der Waals surface area contributed by atoms with Gasteiger partial charge in [0.25, 0.3) is 0 Å². The molecule has 0 aliphatic heterocycles. The zero-order valence-electron chi connectivity index (χ0n) is 7.54. The van der Waals surface area contributed by atoms with Crippen molar-refractivity contribution in [3.05, 3.63) is 35.4 Å². The minimum atomic E-state index is -1.89. The van der Waals surface area contributed by atoms with E-state index in [0.29, 0.717) is 5.75 Å². The van der Waals surface area contributed by atoms with Gasteiger partial charge in [0.15, 0.2) is 0 Å². The summed E-state index contributed by atoms with van der Waals surface area (Å²) < 4.78 is 11.3. The first-order chi connectivity index (χ1) is 5.47. The molecule has 0 aliphatic carbocycles. The third kappa shape index (κ3) is 3.09. The van der Waals surface area contributed by atoms with Crippen molar-refractivity contribution in [2.75, 3.05) is 6.26 Å². The molecule has 1 nitrogen and oxygen atoms in total. The van der Waals surface area contributed by atoms with Gasteiger partial charge in [-0.05, 0) is 27.9 Å². The van der Waals surface area contributed by atoms with Gasteiger partial charge in [-0.15, -0.1) is 0 Å². The molecule has 1 aromatic rings. The molecule has 0 saturated heterocycles. The topological polar surface area (TPSA) is 17.1 Å².